The van der Waals surface area contributed by atoms with Crippen LogP contribution >= 0.6 is 124 Å². The number of rotatable bonds is 39. The van der Waals surface area contributed by atoms with E-state index in [0.29, 0.717) is 59.5 Å². The van der Waals surface area contributed by atoms with Crippen molar-refractivity contribution in [2.24, 2.45) is 5.92 Å². The quantitative estimate of drug-likeness (QED) is 0.0253. The predicted octanol–water partition coefficient (Wildman–Crippen LogP) is 13.9. The fourth-order valence-corrected chi connectivity index (χ4v) is 43.0. The van der Waals surface area contributed by atoms with Gasteiger partial charge in [-0.3, -0.25) is 0 Å². The van der Waals surface area contributed by atoms with E-state index in [1.165, 1.54) is 32.1 Å². The van der Waals surface area contributed by atoms with Crippen LogP contribution < -0.4 is 0 Å². The second kappa shape index (κ2) is 35.9. The lowest BCUT2D eigenvalue weighted by Gasteiger charge is -2.34. The molecule has 0 heterocycles. The van der Waals surface area contributed by atoms with Crippen molar-refractivity contribution in [1.82, 2.24) is 0 Å². The van der Waals surface area contributed by atoms with E-state index in [1.54, 1.807) is 21.6 Å². The molecule has 0 saturated heterocycles. The maximum Gasteiger partial charge on any atom is 0.512 e. The average Bonchev–Trinajstić information content (AvgIpc) is 3.15. The average molecular weight is 1040 g/mol. The van der Waals surface area contributed by atoms with Crippen LogP contribution in [-0.4, -0.2) is 106 Å². The number of hydrogen-bond acceptors (Lipinski definition) is 21. The Labute approximate surface area is 378 Å². The fourth-order valence-electron chi connectivity index (χ4n) is 5.29. The molecule has 0 spiro atoms. The summed E-state index contributed by atoms with van der Waals surface area (Å²) in [5.74, 6) is 1.60. The highest BCUT2D eigenvalue weighted by Crippen LogP contribution is 2.69. The molecule has 24 heteroatoms. The maximum atomic E-state index is 6.27. The van der Waals surface area contributed by atoms with Crippen molar-refractivity contribution in [3.63, 3.8) is 0 Å². The maximum absolute atomic E-state index is 6.27. The zero-order valence-corrected chi connectivity index (χ0v) is 46.4. The highest BCUT2D eigenvalue weighted by molar-refractivity contribution is 9.32. The highest BCUT2D eigenvalue weighted by Gasteiger charge is 2.43. The molecule has 0 aromatic carbocycles. The standard InChI is InChI=1S/C30H66O9S12Si3/c1-10-31-52(18-9,32-11-2)39-24-25-40-46-49-43-30(26-29-22-20-19-21-23-29,44-50-47-41-27-53(33-12-3,34-13-4)35-14-5)45-51-48-42-28-54(36-15-6,37-16-7)38-17-8/h29H,10-28H2,1-9H3. The van der Waals surface area contributed by atoms with Gasteiger partial charge in [-0.05, 0) is 127 Å². The topological polar surface area (TPSA) is 83.1 Å². The van der Waals surface area contributed by atoms with Crippen LogP contribution in [0.4, 0.5) is 0 Å². The SMILES string of the molecule is CCO[Si](CC)(OCC)OCCSSSSC(CC1CCCCC1)(SSSSC[Si](OCC)(OCC)OCC)SSSSC[Si](OCC)(OCC)OCC. The van der Waals surface area contributed by atoms with Crippen LogP contribution in [0.2, 0.25) is 6.04 Å². The zero-order valence-electron chi connectivity index (χ0n) is 33.6. The molecule has 0 bridgehead atoms. The summed E-state index contributed by atoms with van der Waals surface area (Å²) >= 11 is 0. The van der Waals surface area contributed by atoms with Crippen LogP contribution in [0.25, 0.3) is 0 Å². The Morgan fingerprint density at radius 2 is 0.815 bits per heavy atom. The van der Waals surface area contributed by atoms with Gasteiger partial charge in [0.1, 0.15) is 3.41 Å². The summed E-state index contributed by atoms with van der Waals surface area (Å²) in [6, 6.07) is 0.787. The summed E-state index contributed by atoms with van der Waals surface area (Å²) < 4.78 is 54.9. The third kappa shape index (κ3) is 24.4. The van der Waals surface area contributed by atoms with Crippen molar-refractivity contribution in [2.75, 3.05) is 76.0 Å². The zero-order chi connectivity index (χ0) is 39.9. The minimum Gasteiger partial charge on any atom is -0.374 e. The minimum absolute atomic E-state index is 0.0655. The van der Waals surface area contributed by atoms with Gasteiger partial charge >= 0.3 is 26.4 Å². The molecule has 0 aromatic heterocycles. The van der Waals surface area contributed by atoms with E-state index in [1.807, 2.05) is 158 Å². The van der Waals surface area contributed by atoms with E-state index in [2.05, 4.69) is 6.92 Å². The van der Waals surface area contributed by atoms with Crippen LogP contribution in [0.5, 0.6) is 0 Å². The molecule has 0 unspecified atom stereocenters. The summed E-state index contributed by atoms with van der Waals surface area (Å²) in [5, 5.41) is 1.45. The van der Waals surface area contributed by atoms with Crippen molar-refractivity contribution in [3.05, 3.63) is 0 Å². The summed E-state index contributed by atoms with van der Waals surface area (Å²) in [7, 11) is 14.5. The number of hydrogen-bond donors (Lipinski definition) is 0. The molecule has 0 aromatic rings. The Balaban J connectivity index is 3.03. The lowest BCUT2D eigenvalue weighted by Crippen LogP contribution is -2.49. The van der Waals surface area contributed by atoms with Crippen LogP contribution in [0, 0.1) is 5.92 Å². The fraction of sp³-hybridized carbons (Fsp3) is 1.00. The molecule has 54 heavy (non-hydrogen) atoms. The lowest BCUT2D eigenvalue weighted by atomic mass is 9.87. The van der Waals surface area contributed by atoms with Gasteiger partial charge in [-0.2, -0.15) is 0 Å². The van der Waals surface area contributed by atoms with Crippen molar-refractivity contribution in [1.29, 1.82) is 0 Å². The van der Waals surface area contributed by atoms with E-state index in [4.69, 9.17) is 39.8 Å². The van der Waals surface area contributed by atoms with Crippen LogP contribution in [-0.2, 0) is 39.8 Å². The van der Waals surface area contributed by atoms with Gasteiger partial charge in [0.15, 0.2) is 0 Å². The van der Waals surface area contributed by atoms with Gasteiger partial charge < -0.3 is 39.8 Å². The van der Waals surface area contributed by atoms with Gasteiger partial charge in [0, 0.05) is 71.3 Å². The molecule has 324 valence electrons. The molecule has 0 amide bonds. The molecule has 1 aliphatic carbocycles. The highest BCUT2D eigenvalue weighted by atomic mass is 33.7. The monoisotopic (exact) mass is 1040 g/mol. The van der Waals surface area contributed by atoms with E-state index < -0.39 is 26.4 Å². The molecule has 1 saturated carbocycles. The van der Waals surface area contributed by atoms with E-state index in [9.17, 15) is 0 Å². The van der Waals surface area contributed by atoms with Gasteiger partial charge in [-0.25, -0.2) is 0 Å². The Hall–Kier alpha value is 4.49. The van der Waals surface area contributed by atoms with Crippen molar-refractivity contribution in [3.8, 4) is 0 Å². The molecule has 0 N–H and O–H groups in total. The van der Waals surface area contributed by atoms with Crippen LogP contribution in [0.3, 0.4) is 0 Å². The molecule has 9 nitrogen and oxygen atoms in total. The second-order valence-electron chi connectivity index (χ2n) is 11.1. The molecule has 1 aliphatic rings. The Morgan fingerprint density at radius 1 is 0.444 bits per heavy atom. The Kier molecular flexibility index (Phi) is 37.6. The molecule has 1 rings (SSSR count). The molecule has 0 atom stereocenters. The smallest absolute Gasteiger partial charge is 0.374 e. The molecule has 0 aliphatic heterocycles. The van der Waals surface area contributed by atoms with Gasteiger partial charge in [0.2, 0.25) is 0 Å². The normalized spacial score (nSPS) is 15.1. The van der Waals surface area contributed by atoms with Crippen molar-refractivity contribution in [2.45, 2.75) is 110 Å². The molecular formula is C30H66O9S12Si3. The predicted molar refractivity (Wildman–Crippen MR) is 266 cm³/mol. The van der Waals surface area contributed by atoms with Crippen molar-refractivity contribution >= 4 is 150 Å². The molecule has 1 fully saturated rings. The molecular weight excluding hydrogens is 973 g/mol. The first-order valence-corrected chi connectivity index (χ1v) is 39.7. The van der Waals surface area contributed by atoms with Crippen LogP contribution in [0.1, 0.15) is 101 Å². The third-order valence-corrected chi connectivity index (χ3v) is 41.6. The Morgan fingerprint density at radius 3 is 1.19 bits per heavy atom. The van der Waals surface area contributed by atoms with Gasteiger partial charge in [0.25, 0.3) is 0 Å². The summed E-state index contributed by atoms with van der Waals surface area (Å²) in [6.07, 6.45) is 7.80. The van der Waals surface area contributed by atoms with Crippen molar-refractivity contribution < 1.29 is 39.8 Å². The lowest BCUT2D eigenvalue weighted by molar-refractivity contribution is 0.0731. The second-order valence-corrected chi connectivity index (χ2v) is 39.5. The van der Waals surface area contributed by atoms with E-state index in [-0.39, 0.29) is 3.41 Å². The first kappa shape index (κ1) is 56.5. The third-order valence-electron chi connectivity index (χ3n) is 7.28. The van der Waals surface area contributed by atoms with Gasteiger partial charge in [0.05, 0.1) is 10.8 Å². The van der Waals surface area contributed by atoms with E-state index >= 15 is 0 Å². The summed E-state index contributed by atoms with van der Waals surface area (Å²) in [5.41, 5.74) is 0. The van der Waals surface area contributed by atoms with Crippen LogP contribution in [0.15, 0.2) is 0 Å². The summed E-state index contributed by atoms with van der Waals surface area (Å²) in [6.45, 7) is 23.6. The summed E-state index contributed by atoms with van der Waals surface area (Å²) in [4.78, 5) is 0. The minimum atomic E-state index is -2.71. The molecule has 0 radical (unpaired) electrons. The van der Waals surface area contributed by atoms with Gasteiger partial charge in [-0.1, -0.05) is 104 Å². The Bertz CT molecular complexity index is 810. The first-order chi connectivity index (χ1) is 26.2. The van der Waals surface area contributed by atoms with E-state index in [0.717, 1.165) is 34.9 Å². The van der Waals surface area contributed by atoms with Gasteiger partial charge in [-0.15, -0.1) is 0 Å². The largest absolute Gasteiger partial charge is 0.512 e. The first-order valence-electron chi connectivity index (χ1n) is 18.9.